The number of aliphatic hydroxyl groups is 1. The summed E-state index contributed by atoms with van der Waals surface area (Å²) in [6, 6.07) is 0. The van der Waals surface area contributed by atoms with E-state index in [0.29, 0.717) is 25.7 Å². The van der Waals surface area contributed by atoms with Gasteiger partial charge in [0.2, 0.25) is 0 Å². The average molecular weight is 1610 g/mol. The second kappa shape index (κ2) is 82.2. The molecular formula is C91H178O17P2. The SMILES string of the molecule is CCCCCCCCCCCCCCCCCCCCCCC(=O)O[C@H](COC(=O)CCCCCCCCCCCCCCCCCCC(C)C)COP(=O)(O)OC[C@@H](O)COP(=O)(O)OC[C@@H](COC(=O)CCCCCCCCCCCC(C)C)OC(=O)CCCCCCCCCCCCCCCCCCCCC. The first-order chi connectivity index (χ1) is 53.4. The van der Waals surface area contributed by atoms with E-state index in [9.17, 15) is 43.2 Å². The summed E-state index contributed by atoms with van der Waals surface area (Å²) in [6.07, 6.45) is 76.5. The number of carbonyl (C=O) groups excluding carboxylic acids is 4. The van der Waals surface area contributed by atoms with Crippen molar-refractivity contribution in [2.24, 2.45) is 11.8 Å². The minimum atomic E-state index is -4.97. The summed E-state index contributed by atoms with van der Waals surface area (Å²) in [5.41, 5.74) is 0. The smallest absolute Gasteiger partial charge is 0.462 e. The third kappa shape index (κ3) is 84.0. The molecule has 0 radical (unpaired) electrons. The average Bonchev–Trinajstić information content (AvgIpc) is 0.900. The Labute approximate surface area is 677 Å². The van der Waals surface area contributed by atoms with Gasteiger partial charge in [-0.15, -0.1) is 0 Å². The van der Waals surface area contributed by atoms with Crippen LogP contribution in [0, 0.1) is 11.8 Å². The highest BCUT2D eigenvalue weighted by atomic mass is 31.2. The van der Waals surface area contributed by atoms with Crippen LogP contribution in [0.15, 0.2) is 0 Å². The lowest BCUT2D eigenvalue weighted by Gasteiger charge is -2.21. The van der Waals surface area contributed by atoms with Crippen LogP contribution in [0.3, 0.4) is 0 Å². The van der Waals surface area contributed by atoms with Gasteiger partial charge in [0.25, 0.3) is 0 Å². The van der Waals surface area contributed by atoms with Crippen molar-refractivity contribution in [1.29, 1.82) is 0 Å². The minimum Gasteiger partial charge on any atom is -0.462 e. The molecule has 110 heavy (non-hydrogen) atoms. The van der Waals surface area contributed by atoms with E-state index < -0.39 is 97.5 Å². The molecule has 0 aromatic rings. The highest BCUT2D eigenvalue weighted by Gasteiger charge is 2.31. The minimum absolute atomic E-state index is 0.109. The first-order valence-electron chi connectivity index (χ1n) is 47.0. The van der Waals surface area contributed by atoms with Crippen LogP contribution >= 0.6 is 15.6 Å². The molecule has 0 rings (SSSR count). The number of esters is 4. The van der Waals surface area contributed by atoms with Gasteiger partial charge in [0, 0.05) is 25.7 Å². The fraction of sp³-hybridized carbons (Fsp3) is 0.956. The zero-order valence-corrected chi connectivity index (χ0v) is 74.4. The van der Waals surface area contributed by atoms with Gasteiger partial charge in [-0.25, -0.2) is 9.13 Å². The molecule has 2 unspecified atom stereocenters. The number of phosphoric ester groups is 2. The molecule has 0 spiro atoms. The predicted molar refractivity (Wildman–Crippen MR) is 455 cm³/mol. The molecule has 0 aliphatic heterocycles. The number of hydrogen-bond donors (Lipinski definition) is 3. The van der Waals surface area contributed by atoms with Crippen LogP contribution in [0.4, 0.5) is 0 Å². The van der Waals surface area contributed by atoms with Crippen LogP contribution in [0.2, 0.25) is 0 Å². The van der Waals surface area contributed by atoms with E-state index in [-0.39, 0.29) is 25.7 Å². The number of rotatable bonds is 90. The third-order valence-electron chi connectivity index (χ3n) is 21.5. The van der Waals surface area contributed by atoms with Gasteiger partial charge in [0.05, 0.1) is 26.4 Å². The van der Waals surface area contributed by atoms with E-state index in [4.69, 9.17) is 37.0 Å². The molecule has 0 aliphatic carbocycles. The Morgan fingerprint density at radius 3 is 0.618 bits per heavy atom. The van der Waals surface area contributed by atoms with Gasteiger partial charge < -0.3 is 33.8 Å². The van der Waals surface area contributed by atoms with Crippen LogP contribution in [0.5, 0.6) is 0 Å². The molecule has 0 aromatic heterocycles. The Kier molecular flexibility index (Phi) is 80.7. The summed E-state index contributed by atoms with van der Waals surface area (Å²) >= 11 is 0. The Balaban J connectivity index is 5.25. The van der Waals surface area contributed by atoms with Crippen molar-refractivity contribution in [3.63, 3.8) is 0 Å². The lowest BCUT2D eigenvalue weighted by atomic mass is 10.0. The summed E-state index contributed by atoms with van der Waals surface area (Å²) in [5.74, 6) is -0.539. The quantitative estimate of drug-likeness (QED) is 0.0222. The molecule has 654 valence electrons. The summed E-state index contributed by atoms with van der Waals surface area (Å²) < 4.78 is 69.1. The number of hydrogen-bond acceptors (Lipinski definition) is 15. The number of carbonyl (C=O) groups is 4. The highest BCUT2D eigenvalue weighted by molar-refractivity contribution is 7.47. The summed E-state index contributed by atoms with van der Waals surface area (Å²) in [5, 5.41) is 10.7. The molecule has 0 saturated carbocycles. The molecule has 0 bridgehead atoms. The van der Waals surface area contributed by atoms with E-state index in [1.807, 2.05) is 0 Å². The van der Waals surface area contributed by atoms with Gasteiger partial charge >= 0.3 is 39.5 Å². The molecule has 0 heterocycles. The van der Waals surface area contributed by atoms with Crippen LogP contribution in [-0.4, -0.2) is 96.7 Å². The lowest BCUT2D eigenvalue weighted by molar-refractivity contribution is -0.161. The van der Waals surface area contributed by atoms with Gasteiger partial charge in [-0.2, -0.15) is 0 Å². The number of ether oxygens (including phenoxy) is 4. The van der Waals surface area contributed by atoms with Crippen LogP contribution < -0.4 is 0 Å². The maximum absolute atomic E-state index is 13.2. The second-order valence-corrected chi connectivity index (χ2v) is 36.6. The molecule has 19 heteroatoms. The van der Waals surface area contributed by atoms with E-state index in [2.05, 4.69) is 41.5 Å². The molecule has 0 aliphatic rings. The number of unbranched alkanes of at least 4 members (excludes halogenated alkanes) is 60. The fourth-order valence-electron chi connectivity index (χ4n) is 14.3. The van der Waals surface area contributed by atoms with E-state index in [1.165, 1.54) is 308 Å². The maximum Gasteiger partial charge on any atom is 0.472 e. The Bertz CT molecular complexity index is 2100. The Hall–Kier alpha value is -1.94. The third-order valence-corrected chi connectivity index (χ3v) is 23.4. The van der Waals surface area contributed by atoms with Gasteiger partial charge in [-0.05, 0) is 37.5 Å². The van der Waals surface area contributed by atoms with E-state index in [1.54, 1.807) is 0 Å². The normalized spacial score (nSPS) is 13.7. The number of phosphoric acid groups is 2. The first-order valence-corrected chi connectivity index (χ1v) is 50.0. The van der Waals surface area contributed by atoms with Crippen molar-refractivity contribution in [2.75, 3.05) is 39.6 Å². The summed E-state index contributed by atoms with van der Waals surface area (Å²) in [4.78, 5) is 73.4. The molecule has 0 saturated heterocycles. The fourth-order valence-corrected chi connectivity index (χ4v) is 15.9. The Morgan fingerprint density at radius 1 is 0.245 bits per heavy atom. The van der Waals surface area contributed by atoms with E-state index in [0.717, 1.165) is 102 Å². The summed E-state index contributed by atoms with van der Waals surface area (Å²) in [7, 11) is -9.94. The molecule has 0 aromatic carbocycles. The zero-order valence-electron chi connectivity index (χ0n) is 72.6. The molecule has 5 atom stereocenters. The van der Waals surface area contributed by atoms with Crippen LogP contribution in [0.1, 0.15) is 491 Å². The molecule has 0 fully saturated rings. The summed E-state index contributed by atoms with van der Waals surface area (Å²) in [6.45, 7) is 9.72. The van der Waals surface area contributed by atoms with Gasteiger partial charge in [-0.1, -0.05) is 440 Å². The Morgan fingerprint density at radius 2 is 0.418 bits per heavy atom. The van der Waals surface area contributed by atoms with Crippen molar-refractivity contribution < 1.29 is 80.2 Å². The van der Waals surface area contributed by atoms with Crippen molar-refractivity contribution in [3.05, 3.63) is 0 Å². The monoisotopic (exact) mass is 1610 g/mol. The molecular weight excluding hydrogens is 1430 g/mol. The first kappa shape index (κ1) is 108. The molecule has 3 N–H and O–H groups in total. The standard InChI is InChI=1S/C91H178O17P2/c1-7-9-11-13-15-17-19-21-23-25-27-29-31-37-41-45-51-58-64-70-75-90(95)107-86(79-101-88(93)73-67-61-55-49-43-39-35-33-32-34-38-42-47-53-59-65-71-83(3)4)81-105-109(97,98)103-77-85(92)78-104-110(99,100)106-82-87(80-102-89(94)74-68-62-56-52-46-48-54-60-66-72-84(5)6)108-91(96)76-69-63-57-50-44-40-36-30-28-26-24-22-20-18-16-14-12-10-8-2/h83-87,92H,7-82H2,1-6H3,(H,97,98)(H,99,100)/t85-,86-,87-/m1/s1. The molecule has 17 nitrogen and oxygen atoms in total. The van der Waals surface area contributed by atoms with Crippen molar-refractivity contribution >= 4 is 39.5 Å². The van der Waals surface area contributed by atoms with Gasteiger partial charge in [-0.3, -0.25) is 37.3 Å². The second-order valence-electron chi connectivity index (χ2n) is 33.6. The van der Waals surface area contributed by atoms with Gasteiger partial charge in [0.15, 0.2) is 12.2 Å². The van der Waals surface area contributed by atoms with Gasteiger partial charge in [0.1, 0.15) is 19.3 Å². The highest BCUT2D eigenvalue weighted by Crippen LogP contribution is 2.45. The van der Waals surface area contributed by atoms with Crippen LogP contribution in [0.25, 0.3) is 0 Å². The van der Waals surface area contributed by atoms with Crippen molar-refractivity contribution in [2.45, 2.75) is 509 Å². The van der Waals surface area contributed by atoms with Crippen molar-refractivity contribution in [3.8, 4) is 0 Å². The van der Waals surface area contributed by atoms with Crippen molar-refractivity contribution in [1.82, 2.24) is 0 Å². The maximum atomic E-state index is 13.2. The zero-order chi connectivity index (χ0) is 80.6. The molecule has 0 amide bonds. The lowest BCUT2D eigenvalue weighted by Crippen LogP contribution is -2.30. The van der Waals surface area contributed by atoms with E-state index >= 15 is 0 Å². The number of aliphatic hydroxyl groups excluding tert-OH is 1. The van der Waals surface area contributed by atoms with Crippen LogP contribution in [-0.2, 0) is 65.4 Å². The topological polar surface area (TPSA) is 237 Å². The predicted octanol–water partition coefficient (Wildman–Crippen LogP) is 28.2. The largest absolute Gasteiger partial charge is 0.472 e.